The van der Waals surface area contributed by atoms with E-state index in [9.17, 15) is 0 Å². The average molecular weight is 312 g/mol. The van der Waals surface area contributed by atoms with Crippen molar-refractivity contribution in [3.63, 3.8) is 0 Å². The van der Waals surface area contributed by atoms with Gasteiger partial charge >= 0.3 is 0 Å². The second kappa shape index (κ2) is 7.42. The number of rotatable bonds is 5. The Kier molecular flexibility index (Phi) is 5.08. The van der Waals surface area contributed by atoms with Crippen LogP contribution >= 0.6 is 0 Å². The zero-order valence-electron chi connectivity index (χ0n) is 13.8. The van der Waals surface area contributed by atoms with Gasteiger partial charge in [-0.05, 0) is 50.1 Å². The molecule has 1 saturated heterocycles. The zero-order valence-corrected chi connectivity index (χ0v) is 13.8. The summed E-state index contributed by atoms with van der Waals surface area (Å²) in [5.41, 5.74) is 2.06. The van der Waals surface area contributed by atoms with Crippen molar-refractivity contribution in [2.75, 3.05) is 25.5 Å². The van der Waals surface area contributed by atoms with Gasteiger partial charge in [0.1, 0.15) is 11.6 Å². The number of hydrogen-bond donors (Lipinski definition) is 2. The quantitative estimate of drug-likeness (QED) is 0.889. The first-order valence-electron chi connectivity index (χ1n) is 8.28. The maximum absolute atomic E-state index is 5.21. The van der Waals surface area contributed by atoms with Crippen LogP contribution in [0.2, 0.25) is 0 Å². The van der Waals surface area contributed by atoms with Crippen molar-refractivity contribution in [2.24, 2.45) is 0 Å². The van der Waals surface area contributed by atoms with Crippen molar-refractivity contribution in [1.82, 2.24) is 15.3 Å². The first-order valence-corrected chi connectivity index (χ1v) is 8.28. The Balaban J connectivity index is 1.85. The van der Waals surface area contributed by atoms with E-state index in [-0.39, 0.29) is 0 Å². The highest BCUT2D eigenvalue weighted by molar-refractivity contribution is 5.59. The highest BCUT2D eigenvalue weighted by Gasteiger charge is 2.14. The van der Waals surface area contributed by atoms with Crippen molar-refractivity contribution in [1.29, 1.82) is 0 Å². The van der Waals surface area contributed by atoms with E-state index in [1.807, 2.05) is 24.3 Å². The zero-order chi connectivity index (χ0) is 16.1. The molecule has 1 aliphatic rings. The number of anilines is 1. The van der Waals surface area contributed by atoms with E-state index in [1.54, 1.807) is 7.11 Å². The molecule has 2 heterocycles. The van der Waals surface area contributed by atoms with E-state index in [0.29, 0.717) is 6.04 Å². The molecule has 2 N–H and O–H groups in total. The van der Waals surface area contributed by atoms with Gasteiger partial charge in [0.15, 0.2) is 5.82 Å². The van der Waals surface area contributed by atoms with Crippen LogP contribution in [0.15, 0.2) is 30.3 Å². The van der Waals surface area contributed by atoms with Gasteiger partial charge in [0.2, 0.25) is 0 Å². The second-order valence-electron chi connectivity index (χ2n) is 5.84. The van der Waals surface area contributed by atoms with Crippen LogP contribution in [0.5, 0.6) is 5.75 Å². The van der Waals surface area contributed by atoms with Crippen molar-refractivity contribution >= 4 is 5.82 Å². The molecular formula is C18H24N4O. The minimum atomic E-state index is 0.437. The smallest absolute Gasteiger partial charge is 0.161 e. The number of aromatic nitrogens is 2. The maximum atomic E-state index is 5.21. The molecule has 1 fully saturated rings. The fourth-order valence-electron chi connectivity index (χ4n) is 2.81. The van der Waals surface area contributed by atoms with Gasteiger partial charge in [-0.3, -0.25) is 0 Å². The molecule has 23 heavy (non-hydrogen) atoms. The van der Waals surface area contributed by atoms with Crippen molar-refractivity contribution in [3.05, 3.63) is 36.0 Å². The van der Waals surface area contributed by atoms with Crippen LogP contribution in [-0.2, 0) is 6.42 Å². The topological polar surface area (TPSA) is 59.1 Å². The lowest BCUT2D eigenvalue weighted by Gasteiger charge is -2.24. The molecule has 2 aromatic rings. The SMILES string of the molecule is CCc1cc(NC2CCCNC2)nc(-c2ccc(OC)cc2)n1. The van der Waals surface area contributed by atoms with Gasteiger partial charge in [0, 0.05) is 29.9 Å². The van der Waals surface area contributed by atoms with Crippen LogP contribution in [0.4, 0.5) is 5.82 Å². The van der Waals surface area contributed by atoms with Gasteiger partial charge in [0.25, 0.3) is 0 Å². The molecule has 0 spiro atoms. The molecule has 1 unspecified atom stereocenters. The van der Waals surface area contributed by atoms with Gasteiger partial charge in [-0.25, -0.2) is 9.97 Å². The van der Waals surface area contributed by atoms with E-state index in [4.69, 9.17) is 9.72 Å². The van der Waals surface area contributed by atoms with Crippen LogP contribution in [0.25, 0.3) is 11.4 Å². The monoisotopic (exact) mass is 312 g/mol. The minimum Gasteiger partial charge on any atom is -0.497 e. The number of aryl methyl sites for hydroxylation is 1. The molecule has 1 atom stereocenters. The number of piperidine rings is 1. The Hall–Kier alpha value is -2.14. The summed E-state index contributed by atoms with van der Waals surface area (Å²) in [5.74, 6) is 2.52. The summed E-state index contributed by atoms with van der Waals surface area (Å²) in [7, 11) is 1.67. The van der Waals surface area contributed by atoms with Crippen LogP contribution in [0.3, 0.4) is 0 Å². The third-order valence-corrected chi connectivity index (χ3v) is 4.14. The van der Waals surface area contributed by atoms with Crippen LogP contribution in [-0.4, -0.2) is 36.2 Å². The highest BCUT2D eigenvalue weighted by Crippen LogP contribution is 2.22. The summed E-state index contributed by atoms with van der Waals surface area (Å²) in [6.07, 6.45) is 3.27. The first-order chi connectivity index (χ1) is 11.3. The Morgan fingerprint density at radius 2 is 2.09 bits per heavy atom. The number of methoxy groups -OCH3 is 1. The molecule has 3 rings (SSSR count). The fourth-order valence-corrected chi connectivity index (χ4v) is 2.81. The first kappa shape index (κ1) is 15.7. The molecule has 1 aromatic carbocycles. The largest absolute Gasteiger partial charge is 0.497 e. The molecule has 0 saturated carbocycles. The van der Waals surface area contributed by atoms with Gasteiger partial charge in [-0.1, -0.05) is 6.92 Å². The highest BCUT2D eigenvalue weighted by atomic mass is 16.5. The Morgan fingerprint density at radius 3 is 2.74 bits per heavy atom. The lowest BCUT2D eigenvalue weighted by molar-refractivity contribution is 0.415. The number of benzene rings is 1. The lowest BCUT2D eigenvalue weighted by atomic mass is 10.1. The predicted molar refractivity (Wildman–Crippen MR) is 92.9 cm³/mol. The van der Waals surface area contributed by atoms with Gasteiger partial charge in [-0.2, -0.15) is 0 Å². The summed E-state index contributed by atoms with van der Waals surface area (Å²) in [5, 5.41) is 6.97. The van der Waals surface area contributed by atoms with Crippen molar-refractivity contribution < 1.29 is 4.74 Å². The minimum absolute atomic E-state index is 0.437. The summed E-state index contributed by atoms with van der Waals surface area (Å²) in [6, 6.07) is 10.4. The molecule has 0 aliphatic carbocycles. The van der Waals surface area contributed by atoms with Gasteiger partial charge < -0.3 is 15.4 Å². The molecule has 5 heteroatoms. The molecule has 5 nitrogen and oxygen atoms in total. The third kappa shape index (κ3) is 3.99. The number of ether oxygens (including phenoxy) is 1. The van der Waals surface area contributed by atoms with E-state index in [1.165, 1.54) is 12.8 Å². The van der Waals surface area contributed by atoms with Crippen molar-refractivity contribution in [3.8, 4) is 17.1 Å². The number of hydrogen-bond acceptors (Lipinski definition) is 5. The molecule has 0 radical (unpaired) electrons. The average Bonchev–Trinajstić information content (AvgIpc) is 2.62. The fraction of sp³-hybridized carbons (Fsp3) is 0.444. The van der Waals surface area contributed by atoms with Gasteiger partial charge in [-0.15, -0.1) is 0 Å². The molecule has 0 bridgehead atoms. The maximum Gasteiger partial charge on any atom is 0.161 e. The molecule has 1 aromatic heterocycles. The van der Waals surface area contributed by atoms with E-state index in [2.05, 4.69) is 28.6 Å². The summed E-state index contributed by atoms with van der Waals surface area (Å²) < 4.78 is 5.21. The summed E-state index contributed by atoms with van der Waals surface area (Å²) in [6.45, 7) is 4.22. The summed E-state index contributed by atoms with van der Waals surface area (Å²) in [4.78, 5) is 9.37. The van der Waals surface area contributed by atoms with Crippen LogP contribution < -0.4 is 15.4 Å². The number of nitrogens with one attached hydrogen (secondary N) is 2. The molecule has 122 valence electrons. The Labute approximate surface area is 137 Å². The van der Waals surface area contributed by atoms with Crippen LogP contribution in [0.1, 0.15) is 25.5 Å². The molecule has 0 amide bonds. The second-order valence-corrected chi connectivity index (χ2v) is 5.84. The third-order valence-electron chi connectivity index (χ3n) is 4.14. The molecule has 1 aliphatic heterocycles. The van der Waals surface area contributed by atoms with Crippen LogP contribution in [0, 0.1) is 0 Å². The Bertz CT molecular complexity index is 636. The van der Waals surface area contributed by atoms with Gasteiger partial charge in [0.05, 0.1) is 7.11 Å². The lowest BCUT2D eigenvalue weighted by Crippen LogP contribution is -2.38. The van der Waals surface area contributed by atoms with E-state index in [0.717, 1.165) is 48.2 Å². The number of nitrogens with zero attached hydrogens (tertiary/aromatic N) is 2. The van der Waals surface area contributed by atoms with E-state index >= 15 is 0 Å². The standard InChI is InChI=1S/C18H24N4O/c1-3-14-11-17(20-15-5-4-10-19-12-15)22-18(21-14)13-6-8-16(23-2)9-7-13/h6-9,11,15,19H,3-5,10,12H2,1-2H3,(H,20,21,22). The predicted octanol–water partition coefficient (Wildman–Crippen LogP) is 2.88. The Morgan fingerprint density at radius 1 is 1.26 bits per heavy atom. The molecular weight excluding hydrogens is 288 g/mol. The van der Waals surface area contributed by atoms with Crippen molar-refractivity contribution in [2.45, 2.75) is 32.2 Å². The summed E-state index contributed by atoms with van der Waals surface area (Å²) >= 11 is 0. The van der Waals surface area contributed by atoms with E-state index < -0.39 is 0 Å². The normalized spacial score (nSPS) is 17.7.